The Hall–Kier alpha value is -0.190. The molecule has 0 unspecified atom stereocenters. The van der Waals surface area contributed by atoms with Gasteiger partial charge in [-0.15, -0.1) is 0 Å². The highest BCUT2D eigenvalue weighted by atomic mass is 79.9. The summed E-state index contributed by atoms with van der Waals surface area (Å²) in [5.74, 6) is 0.112. The van der Waals surface area contributed by atoms with Gasteiger partial charge in [-0.3, -0.25) is 4.79 Å². The summed E-state index contributed by atoms with van der Waals surface area (Å²) in [7, 11) is 1.55. The van der Waals surface area contributed by atoms with Crippen LogP contribution in [0.15, 0.2) is 12.2 Å². The van der Waals surface area contributed by atoms with Crippen molar-refractivity contribution in [2.45, 2.75) is 30.7 Å². The zero-order valence-corrected chi connectivity index (χ0v) is 9.83. The van der Waals surface area contributed by atoms with Gasteiger partial charge in [0.25, 0.3) is 0 Å². The first-order valence-electron chi connectivity index (χ1n) is 4.58. The molecule has 0 aromatic carbocycles. The predicted molar refractivity (Wildman–Crippen MR) is 55.6 cm³/mol. The van der Waals surface area contributed by atoms with Gasteiger partial charge in [0.2, 0.25) is 0 Å². The molecule has 0 saturated carbocycles. The van der Waals surface area contributed by atoms with Gasteiger partial charge in [0.05, 0.1) is 5.60 Å². The minimum absolute atomic E-state index is 0.112. The van der Waals surface area contributed by atoms with Crippen LogP contribution in [-0.2, 0) is 14.3 Å². The molecule has 3 nitrogen and oxygen atoms in total. The highest BCUT2D eigenvalue weighted by Gasteiger charge is 2.55. The molecule has 1 fully saturated rings. The number of methoxy groups -OCH3 is 1. The lowest BCUT2D eigenvalue weighted by Crippen LogP contribution is -2.58. The molecule has 0 aromatic rings. The number of alkyl halides is 1. The number of rotatable bonds is 2. The largest absolute Gasteiger partial charge is 0.366 e. The molecule has 0 aliphatic carbocycles. The predicted octanol–water partition coefficient (Wildman–Crippen LogP) is 1.45. The van der Waals surface area contributed by atoms with Crippen molar-refractivity contribution in [1.82, 2.24) is 0 Å². The van der Waals surface area contributed by atoms with Crippen molar-refractivity contribution in [3.05, 3.63) is 12.2 Å². The number of ketones is 1. The first-order valence-corrected chi connectivity index (χ1v) is 5.70. The highest BCUT2D eigenvalue weighted by molar-refractivity contribution is 9.09. The quantitative estimate of drug-likeness (QED) is 0.557. The SMILES string of the molecule is CO[C@@]1(CBr)C(=O)C[C@@]2(C)C=C[C@@H]1O2. The molecule has 2 aliphatic heterocycles. The van der Waals surface area contributed by atoms with Crippen LogP contribution in [0.25, 0.3) is 0 Å². The molecule has 14 heavy (non-hydrogen) atoms. The standard InChI is InChI=1S/C10H13BrO3/c1-9-4-3-8(14-9)10(6-11,13-2)7(12)5-9/h3-4,8H,5-6H2,1-2H3/t8-,9+,10-/m0/s1. The molecule has 3 atom stereocenters. The summed E-state index contributed by atoms with van der Waals surface area (Å²) >= 11 is 3.33. The topological polar surface area (TPSA) is 35.5 Å². The van der Waals surface area contributed by atoms with Crippen LogP contribution in [0.4, 0.5) is 0 Å². The van der Waals surface area contributed by atoms with Crippen molar-refractivity contribution in [3.8, 4) is 0 Å². The third-order valence-corrected chi connectivity index (χ3v) is 3.86. The minimum Gasteiger partial charge on any atom is -0.366 e. The summed E-state index contributed by atoms with van der Waals surface area (Å²) in [6, 6.07) is 0. The minimum atomic E-state index is -0.827. The molecule has 2 heterocycles. The Labute approximate surface area is 91.6 Å². The number of halogens is 1. The van der Waals surface area contributed by atoms with Gasteiger partial charge in [0, 0.05) is 18.9 Å². The first kappa shape index (κ1) is 10.3. The van der Waals surface area contributed by atoms with Crippen molar-refractivity contribution >= 4 is 21.7 Å². The summed E-state index contributed by atoms with van der Waals surface area (Å²) in [5.41, 5.74) is -1.24. The highest BCUT2D eigenvalue weighted by Crippen LogP contribution is 2.41. The van der Waals surface area contributed by atoms with E-state index in [-0.39, 0.29) is 11.9 Å². The van der Waals surface area contributed by atoms with Crippen molar-refractivity contribution in [2.75, 3.05) is 12.4 Å². The van der Waals surface area contributed by atoms with E-state index >= 15 is 0 Å². The lowest BCUT2D eigenvalue weighted by atomic mass is 9.86. The van der Waals surface area contributed by atoms with Gasteiger partial charge >= 0.3 is 0 Å². The van der Waals surface area contributed by atoms with Crippen LogP contribution in [0.5, 0.6) is 0 Å². The molecule has 0 amide bonds. The molecule has 1 saturated heterocycles. The van der Waals surface area contributed by atoms with Gasteiger partial charge in [0.15, 0.2) is 11.4 Å². The second kappa shape index (κ2) is 3.15. The summed E-state index contributed by atoms with van der Waals surface area (Å²) in [6.07, 6.45) is 4.02. The number of ether oxygens (including phenoxy) is 2. The van der Waals surface area contributed by atoms with Crippen LogP contribution >= 0.6 is 15.9 Å². The van der Waals surface area contributed by atoms with Gasteiger partial charge in [-0.1, -0.05) is 28.1 Å². The third-order valence-electron chi connectivity index (χ3n) is 3.03. The summed E-state index contributed by atoms with van der Waals surface area (Å²) in [4.78, 5) is 12.0. The van der Waals surface area contributed by atoms with E-state index in [9.17, 15) is 4.79 Å². The summed E-state index contributed by atoms with van der Waals surface area (Å²) in [5, 5.41) is 0.473. The van der Waals surface area contributed by atoms with Crippen molar-refractivity contribution < 1.29 is 14.3 Å². The maximum absolute atomic E-state index is 12.0. The second-order valence-electron chi connectivity index (χ2n) is 4.04. The van der Waals surface area contributed by atoms with Gasteiger partial charge < -0.3 is 9.47 Å². The Kier molecular flexibility index (Phi) is 2.33. The van der Waals surface area contributed by atoms with Crippen LogP contribution < -0.4 is 0 Å². The fourth-order valence-electron chi connectivity index (χ4n) is 2.07. The van der Waals surface area contributed by atoms with E-state index in [0.29, 0.717) is 11.8 Å². The van der Waals surface area contributed by atoms with Crippen LogP contribution in [-0.4, -0.2) is 35.5 Å². The number of hydrogen-bond acceptors (Lipinski definition) is 3. The normalized spacial score (nSPS) is 45.9. The van der Waals surface area contributed by atoms with Gasteiger partial charge in [0.1, 0.15) is 6.10 Å². The van der Waals surface area contributed by atoms with Crippen molar-refractivity contribution in [1.29, 1.82) is 0 Å². The Morgan fingerprint density at radius 2 is 2.50 bits per heavy atom. The maximum atomic E-state index is 12.0. The van der Waals surface area contributed by atoms with E-state index in [2.05, 4.69) is 15.9 Å². The molecule has 0 radical (unpaired) electrons. The molecule has 2 rings (SSSR count). The Morgan fingerprint density at radius 1 is 1.79 bits per heavy atom. The summed E-state index contributed by atoms with van der Waals surface area (Å²) in [6.45, 7) is 1.93. The van der Waals surface area contributed by atoms with Crippen molar-refractivity contribution in [2.24, 2.45) is 0 Å². The van der Waals surface area contributed by atoms with E-state index < -0.39 is 11.2 Å². The Balaban J connectivity index is 2.37. The van der Waals surface area contributed by atoms with Crippen molar-refractivity contribution in [3.63, 3.8) is 0 Å². The van der Waals surface area contributed by atoms with E-state index in [0.717, 1.165) is 0 Å². The number of carbonyl (C=O) groups excluding carboxylic acids is 1. The van der Waals surface area contributed by atoms with Crippen LogP contribution in [0, 0.1) is 0 Å². The Bertz CT molecular complexity index is 296. The molecule has 0 N–H and O–H groups in total. The van der Waals surface area contributed by atoms with Gasteiger partial charge in [-0.05, 0) is 6.92 Å². The number of hydrogen-bond donors (Lipinski definition) is 0. The lowest BCUT2D eigenvalue weighted by Gasteiger charge is -2.41. The molecular formula is C10H13BrO3. The molecule has 2 bridgehead atoms. The maximum Gasteiger partial charge on any atom is 0.171 e. The fourth-order valence-corrected chi connectivity index (χ4v) is 2.93. The average molecular weight is 261 g/mol. The summed E-state index contributed by atoms with van der Waals surface area (Å²) < 4.78 is 11.1. The second-order valence-corrected chi connectivity index (χ2v) is 4.60. The van der Waals surface area contributed by atoms with E-state index in [4.69, 9.17) is 9.47 Å². The molecular weight excluding hydrogens is 248 g/mol. The molecule has 0 spiro atoms. The Morgan fingerprint density at radius 3 is 3.07 bits per heavy atom. The van der Waals surface area contributed by atoms with Crippen LogP contribution in [0.1, 0.15) is 13.3 Å². The molecule has 2 aliphatic rings. The van der Waals surface area contributed by atoms with Crippen LogP contribution in [0.2, 0.25) is 0 Å². The van der Waals surface area contributed by atoms with E-state index in [1.165, 1.54) is 0 Å². The smallest absolute Gasteiger partial charge is 0.171 e. The molecule has 78 valence electrons. The lowest BCUT2D eigenvalue weighted by molar-refractivity contribution is -0.181. The fraction of sp³-hybridized carbons (Fsp3) is 0.700. The average Bonchev–Trinajstić information content (AvgIpc) is 2.47. The van der Waals surface area contributed by atoms with Gasteiger partial charge in [-0.2, -0.15) is 0 Å². The first-order chi connectivity index (χ1) is 6.56. The number of Topliss-reactive ketones (excluding diaryl/α,β-unsaturated/α-hetero) is 1. The number of fused-ring (bicyclic) bond motifs is 2. The zero-order valence-electron chi connectivity index (χ0n) is 8.25. The van der Waals surface area contributed by atoms with Gasteiger partial charge in [-0.25, -0.2) is 0 Å². The number of carbonyl (C=O) groups is 1. The third kappa shape index (κ3) is 1.21. The molecule has 0 aromatic heterocycles. The monoisotopic (exact) mass is 260 g/mol. The molecule has 4 heteroatoms. The van der Waals surface area contributed by atoms with Crippen LogP contribution in [0.3, 0.4) is 0 Å². The van der Waals surface area contributed by atoms with E-state index in [1.807, 2.05) is 19.1 Å². The van der Waals surface area contributed by atoms with E-state index in [1.54, 1.807) is 7.11 Å². The zero-order chi connectivity index (χ0) is 10.4.